The molecule has 19 heavy (non-hydrogen) atoms. The van der Waals surface area contributed by atoms with E-state index in [4.69, 9.17) is 9.47 Å². The molecule has 1 saturated heterocycles. The molecule has 3 nitrogen and oxygen atoms in total. The van der Waals surface area contributed by atoms with Gasteiger partial charge in [0, 0.05) is 31.0 Å². The van der Waals surface area contributed by atoms with Crippen molar-refractivity contribution in [3.05, 3.63) is 29.8 Å². The predicted molar refractivity (Wildman–Crippen MR) is 78.4 cm³/mol. The molecule has 0 radical (unpaired) electrons. The van der Waals surface area contributed by atoms with Gasteiger partial charge < -0.3 is 14.8 Å². The molecule has 1 heterocycles. The van der Waals surface area contributed by atoms with Crippen molar-refractivity contribution >= 4 is 5.69 Å². The molecule has 0 saturated carbocycles. The molecule has 0 bridgehead atoms. The lowest BCUT2D eigenvalue weighted by molar-refractivity contribution is -0.0161. The Morgan fingerprint density at radius 2 is 2.16 bits per heavy atom. The maximum absolute atomic E-state index is 5.82. The maximum atomic E-state index is 5.82. The molecule has 2 unspecified atom stereocenters. The highest BCUT2D eigenvalue weighted by atomic mass is 16.5. The molecule has 1 aromatic carbocycles. The van der Waals surface area contributed by atoms with Crippen LogP contribution < -0.4 is 5.32 Å². The van der Waals surface area contributed by atoms with Gasteiger partial charge in [-0.15, -0.1) is 0 Å². The van der Waals surface area contributed by atoms with Crippen molar-refractivity contribution in [3.63, 3.8) is 0 Å². The topological polar surface area (TPSA) is 30.5 Å². The summed E-state index contributed by atoms with van der Waals surface area (Å²) in [6.45, 7) is 5.96. The van der Waals surface area contributed by atoms with Gasteiger partial charge in [-0.25, -0.2) is 0 Å². The van der Waals surface area contributed by atoms with Gasteiger partial charge in [-0.05, 0) is 24.8 Å². The van der Waals surface area contributed by atoms with Crippen LogP contribution in [0.3, 0.4) is 0 Å². The minimum absolute atomic E-state index is 0.376. The zero-order valence-electron chi connectivity index (χ0n) is 12.2. The van der Waals surface area contributed by atoms with Crippen LogP contribution in [0.1, 0.15) is 32.3 Å². The second-order valence-corrected chi connectivity index (χ2v) is 5.61. The molecule has 106 valence electrons. The molecular weight excluding hydrogens is 238 g/mol. The van der Waals surface area contributed by atoms with Crippen LogP contribution in [-0.4, -0.2) is 25.9 Å². The lowest BCUT2D eigenvalue weighted by Gasteiger charge is -2.33. The third kappa shape index (κ3) is 3.95. The minimum Gasteiger partial charge on any atom is -0.382 e. The van der Waals surface area contributed by atoms with E-state index in [0.717, 1.165) is 19.4 Å². The van der Waals surface area contributed by atoms with Crippen LogP contribution in [0.2, 0.25) is 0 Å². The number of ether oxygens (including phenoxy) is 2. The van der Waals surface area contributed by atoms with Gasteiger partial charge in [0.1, 0.15) is 0 Å². The molecule has 1 N–H and O–H groups in total. The number of hydrogen-bond donors (Lipinski definition) is 1. The van der Waals surface area contributed by atoms with E-state index in [9.17, 15) is 0 Å². The third-order valence-corrected chi connectivity index (χ3v) is 3.74. The molecule has 1 aliphatic rings. The Kier molecular flexibility index (Phi) is 5.23. The Morgan fingerprint density at radius 1 is 1.37 bits per heavy atom. The summed E-state index contributed by atoms with van der Waals surface area (Å²) >= 11 is 0. The first-order valence-electron chi connectivity index (χ1n) is 7.15. The molecule has 0 spiro atoms. The lowest BCUT2D eigenvalue weighted by atomic mass is 9.95. The first-order valence-corrected chi connectivity index (χ1v) is 7.15. The molecule has 1 aromatic rings. The van der Waals surface area contributed by atoms with Crippen molar-refractivity contribution in [1.82, 2.24) is 0 Å². The van der Waals surface area contributed by atoms with Crippen molar-refractivity contribution in [2.45, 2.75) is 45.4 Å². The second-order valence-electron chi connectivity index (χ2n) is 5.61. The minimum atomic E-state index is 0.376. The summed E-state index contributed by atoms with van der Waals surface area (Å²) < 4.78 is 11.1. The van der Waals surface area contributed by atoms with E-state index in [1.54, 1.807) is 7.11 Å². The van der Waals surface area contributed by atoms with Crippen LogP contribution in [0.25, 0.3) is 0 Å². The van der Waals surface area contributed by atoms with Crippen LogP contribution >= 0.6 is 0 Å². The van der Waals surface area contributed by atoms with Crippen LogP contribution in [0.15, 0.2) is 24.3 Å². The van der Waals surface area contributed by atoms with Crippen LogP contribution in [0.5, 0.6) is 0 Å². The number of benzene rings is 1. The predicted octanol–water partition coefficient (Wildman–Crippen LogP) is 3.45. The van der Waals surface area contributed by atoms with Gasteiger partial charge in [0.05, 0.1) is 12.7 Å². The van der Waals surface area contributed by atoms with Crippen molar-refractivity contribution < 1.29 is 9.47 Å². The number of hydrogen-bond acceptors (Lipinski definition) is 3. The summed E-state index contributed by atoms with van der Waals surface area (Å²) in [5.41, 5.74) is 2.41. The zero-order valence-corrected chi connectivity index (χ0v) is 12.2. The standard InChI is InChI=1S/C16H25NO2/c1-12(2)16-10-14(8-9-19-16)17-15-7-5-4-6-13(15)11-18-3/h4-7,12,14,16-17H,8-11H2,1-3H3. The van der Waals surface area contributed by atoms with Gasteiger partial charge in [-0.1, -0.05) is 32.0 Å². The Morgan fingerprint density at radius 3 is 2.89 bits per heavy atom. The lowest BCUT2D eigenvalue weighted by Crippen LogP contribution is -2.36. The summed E-state index contributed by atoms with van der Waals surface area (Å²) in [6.07, 6.45) is 2.53. The van der Waals surface area contributed by atoms with E-state index in [1.165, 1.54) is 11.3 Å². The van der Waals surface area contributed by atoms with Crippen molar-refractivity contribution in [2.75, 3.05) is 19.0 Å². The monoisotopic (exact) mass is 263 g/mol. The summed E-state index contributed by atoms with van der Waals surface area (Å²) in [5, 5.41) is 3.66. The average molecular weight is 263 g/mol. The third-order valence-electron chi connectivity index (χ3n) is 3.74. The van der Waals surface area contributed by atoms with Crippen molar-refractivity contribution in [1.29, 1.82) is 0 Å². The molecule has 3 heteroatoms. The first-order chi connectivity index (χ1) is 9.20. The summed E-state index contributed by atoms with van der Waals surface area (Å²) in [5.74, 6) is 0.582. The van der Waals surface area contributed by atoms with E-state index < -0.39 is 0 Å². The van der Waals surface area contributed by atoms with Gasteiger partial charge in [-0.3, -0.25) is 0 Å². The second kappa shape index (κ2) is 6.92. The number of anilines is 1. The molecular formula is C16H25NO2. The van der Waals surface area contributed by atoms with Gasteiger partial charge in [0.15, 0.2) is 0 Å². The summed E-state index contributed by atoms with van der Waals surface area (Å²) in [7, 11) is 1.74. The molecule has 0 aliphatic carbocycles. The fourth-order valence-electron chi connectivity index (χ4n) is 2.59. The fourth-order valence-corrected chi connectivity index (χ4v) is 2.59. The first kappa shape index (κ1) is 14.4. The SMILES string of the molecule is COCc1ccccc1NC1CCOC(C(C)C)C1. The molecule has 1 aliphatic heterocycles. The Labute approximate surface area is 116 Å². The zero-order chi connectivity index (χ0) is 13.7. The Hall–Kier alpha value is -1.06. The Bertz CT molecular complexity index is 392. The van der Waals surface area contributed by atoms with E-state index in [2.05, 4.69) is 43.4 Å². The highest BCUT2D eigenvalue weighted by Crippen LogP contribution is 2.25. The van der Waals surface area contributed by atoms with E-state index in [0.29, 0.717) is 24.7 Å². The van der Waals surface area contributed by atoms with Crippen molar-refractivity contribution in [3.8, 4) is 0 Å². The van der Waals surface area contributed by atoms with Gasteiger partial charge in [0.25, 0.3) is 0 Å². The molecule has 2 rings (SSSR count). The van der Waals surface area contributed by atoms with Gasteiger partial charge in [0.2, 0.25) is 0 Å². The highest BCUT2D eigenvalue weighted by Gasteiger charge is 2.25. The van der Waals surface area contributed by atoms with E-state index in [-0.39, 0.29) is 0 Å². The van der Waals surface area contributed by atoms with E-state index >= 15 is 0 Å². The number of para-hydroxylation sites is 1. The highest BCUT2D eigenvalue weighted by molar-refractivity contribution is 5.51. The largest absolute Gasteiger partial charge is 0.382 e. The number of methoxy groups -OCH3 is 1. The molecule has 2 atom stereocenters. The Balaban J connectivity index is 2.00. The van der Waals surface area contributed by atoms with Gasteiger partial charge >= 0.3 is 0 Å². The number of rotatable bonds is 5. The smallest absolute Gasteiger partial charge is 0.0733 e. The quantitative estimate of drug-likeness (QED) is 0.882. The van der Waals surface area contributed by atoms with Crippen LogP contribution in [0.4, 0.5) is 5.69 Å². The fraction of sp³-hybridized carbons (Fsp3) is 0.625. The molecule has 0 aromatic heterocycles. The molecule has 0 amide bonds. The summed E-state index contributed by atoms with van der Waals surface area (Å²) in [4.78, 5) is 0. The summed E-state index contributed by atoms with van der Waals surface area (Å²) in [6, 6.07) is 8.87. The van der Waals surface area contributed by atoms with E-state index in [1.807, 2.05) is 0 Å². The normalized spacial score (nSPS) is 23.6. The van der Waals surface area contributed by atoms with Crippen LogP contribution in [0, 0.1) is 5.92 Å². The average Bonchev–Trinajstić information content (AvgIpc) is 2.41. The molecule has 1 fully saturated rings. The van der Waals surface area contributed by atoms with Crippen molar-refractivity contribution in [2.24, 2.45) is 5.92 Å². The maximum Gasteiger partial charge on any atom is 0.0733 e. The van der Waals surface area contributed by atoms with Crippen LogP contribution in [-0.2, 0) is 16.1 Å². The number of nitrogens with one attached hydrogen (secondary N) is 1. The van der Waals surface area contributed by atoms with Gasteiger partial charge in [-0.2, -0.15) is 0 Å².